The zero-order valence-corrected chi connectivity index (χ0v) is 15.2. The highest BCUT2D eigenvalue weighted by Crippen LogP contribution is 2.24. The van der Waals surface area contributed by atoms with Gasteiger partial charge in [0.05, 0.1) is 18.4 Å². The van der Waals surface area contributed by atoms with Crippen molar-refractivity contribution >= 4 is 21.8 Å². The van der Waals surface area contributed by atoms with Gasteiger partial charge in [0.15, 0.2) is 0 Å². The van der Waals surface area contributed by atoms with Crippen molar-refractivity contribution in [3.8, 4) is 5.75 Å². The minimum Gasteiger partial charge on any atom is -0.497 e. The number of hydrogen-bond acceptors (Lipinski definition) is 4. The van der Waals surface area contributed by atoms with E-state index < -0.39 is 0 Å². The summed E-state index contributed by atoms with van der Waals surface area (Å²) in [7, 11) is 1.61. The van der Waals surface area contributed by atoms with Crippen molar-refractivity contribution in [3.05, 3.63) is 58.3 Å². The van der Waals surface area contributed by atoms with E-state index in [1.165, 1.54) is 0 Å². The van der Waals surface area contributed by atoms with Crippen LogP contribution in [0.15, 0.2) is 47.1 Å². The van der Waals surface area contributed by atoms with Gasteiger partial charge >= 0.3 is 0 Å². The van der Waals surface area contributed by atoms with E-state index in [4.69, 9.17) is 4.74 Å². The molecule has 0 atom stereocenters. The van der Waals surface area contributed by atoms with Gasteiger partial charge in [-0.05, 0) is 46.3 Å². The fraction of sp³-hybridized carbons (Fsp3) is 0.333. The number of carbonyl (C=O) groups excluding carboxylic acids is 1. The maximum absolute atomic E-state index is 12.8. The van der Waals surface area contributed by atoms with Gasteiger partial charge in [0.2, 0.25) is 0 Å². The van der Waals surface area contributed by atoms with Crippen LogP contribution in [0.3, 0.4) is 0 Å². The van der Waals surface area contributed by atoms with E-state index in [0.717, 1.165) is 42.9 Å². The molecule has 1 fully saturated rings. The van der Waals surface area contributed by atoms with Crippen molar-refractivity contribution in [2.45, 2.75) is 6.54 Å². The van der Waals surface area contributed by atoms with Gasteiger partial charge in [-0.3, -0.25) is 14.7 Å². The Hall–Kier alpha value is -1.92. The average Bonchev–Trinajstić information content (AvgIpc) is 2.63. The van der Waals surface area contributed by atoms with Crippen LogP contribution in [0.1, 0.15) is 16.1 Å². The van der Waals surface area contributed by atoms with Crippen LogP contribution >= 0.6 is 15.9 Å². The first-order valence-corrected chi connectivity index (χ1v) is 8.72. The van der Waals surface area contributed by atoms with Crippen molar-refractivity contribution in [2.75, 3.05) is 33.3 Å². The molecule has 6 heteroatoms. The second-order valence-corrected chi connectivity index (χ2v) is 6.59. The predicted molar refractivity (Wildman–Crippen MR) is 96.1 cm³/mol. The summed E-state index contributed by atoms with van der Waals surface area (Å²) in [5.41, 5.74) is 1.71. The molecule has 0 N–H and O–H groups in total. The Labute approximate surface area is 150 Å². The van der Waals surface area contributed by atoms with Crippen molar-refractivity contribution < 1.29 is 9.53 Å². The monoisotopic (exact) mass is 389 g/mol. The molecule has 0 saturated carbocycles. The summed E-state index contributed by atoms with van der Waals surface area (Å²) >= 11 is 3.46. The fourth-order valence-corrected chi connectivity index (χ4v) is 3.21. The molecular formula is C18H20BrN3O2. The third kappa shape index (κ3) is 3.94. The van der Waals surface area contributed by atoms with Crippen molar-refractivity contribution in [1.29, 1.82) is 0 Å². The standard InChI is InChI=1S/C18H20BrN3O2/c1-24-15-5-6-17(19)16(12-15)18(23)22-10-8-21(9-11-22)13-14-4-2-3-7-20-14/h2-7,12H,8-11,13H2,1H3. The Morgan fingerprint density at radius 3 is 2.67 bits per heavy atom. The molecule has 1 aliphatic heterocycles. The summed E-state index contributed by atoms with van der Waals surface area (Å²) in [6.45, 7) is 3.96. The lowest BCUT2D eigenvalue weighted by Crippen LogP contribution is -2.48. The number of nitrogens with zero attached hydrogens (tertiary/aromatic N) is 3. The molecule has 0 unspecified atom stereocenters. The maximum Gasteiger partial charge on any atom is 0.255 e. The molecule has 2 heterocycles. The first-order valence-electron chi connectivity index (χ1n) is 7.92. The van der Waals surface area contributed by atoms with E-state index in [1.807, 2.05) is 41.4 Å². The molecule has 24 heavy (non-hydrogen) atoms. The third-order valence-electron chi connectivity index (χ3n) is 4.18. The maximum atomic E-state index is 12.8. The van der Waals surface area contributed by atoms with E-state index >= 15 is 0 Å². The Balaban J connectivity index is 1.61. The summed E-state index contributed by atoms with van der Waals surface area (Å²) in [5.74, 6) is 0.730. The van der Waals surface area contributed by atoms with Gasteiger partial charge in [0, 0.05) is 43.4 Å². The minimum absolute atomic E-state index is 0.0401. The molecule has 1 aromatic heterocycles. The van der Waals surface area contributed by atoms with Crippen molar-refractivity contribution in [1.82, 2.24) is 14.8 Å². The number of carbonyl (C=O) groups is 1. The molecule has 0 radical (unpaired) electrons. The second kappa shape index (κ2) is 7.77. The summed E-state index contributed by atoms with van der Waals surface area (Å²) in [5, 5.41) is 0. The number of piperazine rings is 1. The molecule has 0 aliphatic carbocycles. The van der Waals surface area contributed by atoms with E-state index in [9.17, 15) is 4.79 Å². The number of ether oxygens (including phenoxy) is 1. The lowest BCUT2D eigenvalue weighted by Gasteiger charge is -2.34. The van der Waals surface area contributed by atoms with Gasteiger partial charge in [-0.2, -0.15) is 0 Å². The molecule has 2 aromatic rings. The number of benzene rings is 1. The van der Waals surface area contributed by atoms with Gasteiger partial charge in [-0.25, -0.2) is 0 Å². The minimum atomic E-state index is 0.0401. The Morgan fingerprint density at radius 2 is 2.00 bits per heavy atom. The van der Waals surface area contributed by atoms with Gasteiger partial charge in [0.25, 0.3) is 5.91 Å². The number of rotatable bonds is 4. The van der Waals surface area contributed by atoms with Crippen LogP contribution in [0, 0.1) is 0 Å². The quantitative estimate of drug-likeness (QED) is 0.806. The summed E-state index contributed by atoms with van der Waals surface area (Å²) in [6, 6.07) is 11.4. The van der Waals surface area contributed by atoms with Gasteiger partial charge < -0.3 is 9.64 Å². The SMILES string of the molecule is COc1ccc(Br)c(C(=O)N2CCN(Cc3ccccn3)CC2)c1. The van der Waals surface area contributed by atoms with E-state index in [0.29, 0.717) is 11.3 Å². The van der Waals surface area contributed by atoms with Crippen LogP contribution in [0.2, 0.25) is 0 Å². The van der Waals surface area contributed by atoms with E-state index in [2.05, 4.69) is 25.8 Å². The molecule has 1 saturated heterocycles. The molecule has 5 nitrogen and oxygen atoms in total. The lowest BCUT2D eigenvalue weighted by molar-refractivity contribution is 0.0626. The van der Waals surface area contributed by atoms with Crippen LogP contribution in [-0.4, -0.2) is 54.0 Å². The first kappa shape index (κ1) is 16.9. The largest absolute Gasteiger partial charge is 0.497 e. The average molecular weight is 390 g/mol. The molecule has 1 amide bonds. The molecule has 1 aliphatic rings. The zero-order valence-electron chi connectivity index (χ0n) is 13.6. The van der Waals surface area contributed by atoms with E-state index in [-0.39, 0.29) is 5.91 Å². The Bertz CT molecular complexity index is 701. The number of hydrogen-bond donors (Lipinski definition) is 0. The third-order valence-corrected chi connectivity index (χ3v) is 4.87. The van der Waals surface area contributed by atoms with Gasteiger partial charge in [0.1, 0.15) is 5.75 Å². The molecular weight excluding hydrogens is 370 g/mol. The van der Waals surface area contributed by atoms with Crippen molar-refractivity contribution in [2.24, 2.45) is 0 Å². The predicted octanol–water partition coefficient (Wildman–Crippen LogP) is 2.81. The topological polar surface area (TPSA) is 45.7 Å². The van der Waals surface area contributed by atoms with E-state index in [1.54, 1.807) is 13.2 Å². The van der Waals surface area contributed by atoms with Crippen LogP contribution < -0.4 is 4.74 Å². The smallest absolute Gasteiger partial charge is 0.255 e. The highest BCUT2D eigenvalue weighted by Gasteiger charge is 2.24. The lowest BCUT2D eigenvalue weighted by atomic mass is 10.1. The highest BCUT2D eigenvalue weighted by molar-refractivity contribution is 9.10. The van der Waals surface area contributed by atoms with Gasteiger partial charge in [-0.15, -0.1) is 0 Å². The number of methoxy groups -OCH3 is 1. The zero-order chi connectivity index (χ0) is 16.9. The van der Waals surface area contributed by atoms with Crippen LogP contribution in [0.5, 0.6) is 5.75 Å². The summed E-state index contributed by atoms with van der Waals surface area (Å²) < 4.78 is 6.02. The number of pyridine rings is 1. The number of halogens is 1. The first-order chi connectivity index (χ1) is 11.7. The normalized spacial score (nSPS) is 15.3. The number of amides is 1. The summed E-state index contributed by atoms with van der Waals surface area (Å²) in [6.07, 6.45) is 1.81. The van der Waals surface area contributed by atoms with Crippen molar-refractivity contribution in [3.63, 3.8) is 0 Å². The second-order valence-electron chi connectivity index (χ2n) is 5.74. The Kier molecular flexibility index (Phi) is 5.48. The highest BCUT2D eigenvalue weighted by atomic mass is 79.9. The van der Waals surface area contributed by atoms with Crippen LogP contribution in [0.4, 0.5) is 0 Å². The Morgan fingerprint density at radius 1 is 1.21 bits per heavy atom. The molecule has 126 valence electrons. The molecule has 0 bridgehead atoms. The fourth-order valence-electron chi connectivity index (χ4n) is 2.80. The summed E-state index contributed by atoms with van der Waals surface area (Å²) in [4.78, 5) is 21.3. The molecule has 0 spiro atoms. The molecule has 3 rings (SSSR count). The van der Waals surface area contributed by atoms with Crippen LogP contribution in [-0.2, 0) is 6.54 Å². The number of aromatic nitrogens is 1. The van der Waals surface area contributed by atoms with Gasteiger partial charge in [-0.1, -0.05) is 6.07 Å². The van der Waals surface area contributed by atoms with Crippen LogP contribution in [0.25, 0.3) is 0 Å². The molecule has 1 aromatic carbocycles.